The number of aromatic nitrogens is 6. The van der Waals surface area contributed by atoms with Crippen LogP contribution >= 0.6 is 0 Å². The van der Waals surface area contributed by atoms with Crippen LogP contribution in [0.25, 0.3) is 33.5 Å². The van der Waals surface area contributed by atoms with E-state index in [2.05, 4.69) is 15.1 Å². The Kier molecular flexibility index (Phi) is 3.99. The van der Waals surface area contributed by atoms with Gasteiger partial charge in [-0.05, 0) is 36.8 Å². The molecule has 0 atom stereocenters. The van der Waals surface area contributed by atoms with E-state index in [1.807, 2.05) is 54.3 Å². The van der Waals surface area contributed by atoms with Crippen LogP contribution in [-0.4, -0.2) is 36.5 Å². The Morgan fingerprint density at radius 1 is 1.14 bits per heavy atom. The summed E-state index contributed by atoms with van der Waals surface area (Å²) in [6.07, 6.45) is 7.23. The Hall–Kier alpha value is -3.78. The van der Waals surface area contributed by atoms with Gasteiger partial charge in [-0.15, -0.1) is 0 Å². The third kappa shape index (κ3) is 2.73. The van der Waals surface area contributed by atoms with Gasteiger partial charge in [0.25, 0.3) is 0 Å². The molecular weight excluding hydrogens is 366 g/mol. The number of methoxy groups -OCH3 is 1. The predicted molar refractivity (Wildman–Crippen MR) is 110 cm³/mol. The largest absolute Gasteiger partial charge is 0.494 e. The van der Waals surface area contributed by atoms with Gasteiger partial charge in [0.2, 0.25) is 0 Å². The summed E-state index contributed by atoms with van der Waals surface area (Å²) in [5, 5.41) is 10.1. The second-order valence-electron chi connectivity index (χ2n) is 6.74. The summed E-state index contributed by atoms with van der Waals surface area (Å²) in [4.78, 5) is 9.08. The van der Waals surface area contributed by atoms with Crippen LogP contribution in [0.1, 0.15) is 11.3 Å². The van der Waals surface area contributed by atoms with Crippen molar-refractivity contribution in [2.45, 2.75) is 13.5 Å². The second kappa shape index (κ2) is 6.68. The number of aryl methyl sites for hydroxylation is 1. The van der Waals surface area contributed by atoms with Gasteiger partial charge < -0.3 is 10.5 Å². The molecule has 0 saturated carbocycles. The normalized spacial score (nSPS) is 11.4. The summed E-state index contributed by atoms with van der Waals surface area (Å²) in [6, 6.07) is 9.75. The molecule has 29 heavy (non-hydrogen) atoms. The topological polar surface area (TPSA) is 96.2 Å². The fourth-order valence-electron chi connectivity index (χ4n) is 3.52. The van der Waals surface area contributed by atoms with Gasteiger partial charge in [0, 0.05) is 30.5 Å². The minimum atomic E-state index is 0.450. The number of rotatable bonds is 4. The van der Waals surface area contributed by atoms with Crippen molar-refractivity contribution in [1.29, 1.82) is 0 Å². The quantitative estimate of drug-likeness (QED) is 0.511. The predicted octanol–water partition coefficient (Wildman–Crippen LogP) is 2.91. The van der Waals surface area contributed by atoms with E-state index in [0.29, 0.717) is 12.3 Å². The average molecular weight is 385 g/mol. The van der Waals surface area contributed by atoms with Crippen LogP contribution in [-0.2, 0) is 6.54 Å². The van der Waals surface area contributed by atoms with Gasteiger partial charge >= 0.3 is 0 Å². The van der Waals surface area contributed by atoms with Gasteiger partial charge in [-0.1, -0.05) is 6.07 Å². The van der Waals surface area contributed by atoms with Crippen molar-refractivity contribution in [3.05, 3.63) is 66.4 Å². The van der Waals surface area contributed by atoms with Crippen LogP contribution in [0.3, 0.4) is 0 Å². The van der Waals surface area contributed by atoms with Crippen molar-refractivity contribution in [2.75, 3.05) is 7.11 Å². The molecule has 8 heteroatoms. The molecule has 2 N–H and O–H groups in total. The highest BCUT2D eigenvalue weighted by atomic mass is 16.5. The monoisotopic (exact) mass is 385 g/mol. The molecule has 144 valence electrons. The highest BCUT2D eigenvalue weighted by Crippen LogP contribution is 2.31. The Labute approximate surface area is 166 Å². The Morgan fingerprint density at radius 2 is 2.03 bits per heavy atom. The van der Waals surface area contributed by atoms with Gasteiger partial charge in [0.1, 0.15) is 11.4 Å². The molecule has 0 spiro atoms. The molecule has 5 aromatic rings. The van der Waals surface area contributed by atoms with E-state index in [9.17, 15) is 0 Å². The maximum Gasteiger partial charge on any atom is 0.164 e. The summed E-state index contributed by atoms with van der Waals surface area (Å²) in [5.41, 5.74) is 11.8. The van der Waals surface area contributed by atoms with E-state index in [-0.39, 0.29) is 0 Å². The van der Waals surface area contributed by atoms with Crippen LogP contribution in [0.15, 0.2) is 55.1 Å². The minimum absolute atomic E-state index is 0.450. The van der Waals surface area contributed by atoms with Crippen LogP contribution in [0.2, 0.25) is 0 Å². The minimum Gasteiger partial charge on any atom is -0.494 e. The molecule has 0 amide bonds. The standard InChI is InChI=1S/C21H19N7O/c1-13-15-11-24-17(16-12-25-27-7-3-6-23-21(16)27)9-19(15)28(26-13)18-5-4-14(10-22)8-20(18)29-2/h3-9,11-12H,10,22H2,1-2H3. The summed E-state index contributed by atoms with van der Waals surface area (Å²) < 4.78 is 9.22. The number of nitrogens with zero attached hydrogens (tertiary/aromatic N) is 6. The fourth-order valence-corrected chi connectivity index (χ4v) is 3.52. The maximum atomic E-state index is 5.78. The zero-order chi connectivity index (χ0) is 20.0. The third-order valence-corrected chi connectivity index (χ3v) is 5.01. The molecule has 0 aliphatic heterocycles. The lowest BCUT2D eigenvalue weighted by molar-refractivity contribution is 0.411. The van der Waals surface area contributed by atoms with Crippen molar-refractivity contribution in [3.63, 3.8) is 0 Å². The van der Waals surface area contributed by atoms with E-state index in [1.165, 1.54) is 0 Å². The smallest absolute Gasteiger partial charge is 0.164 e. The first-order valence-corrected chi connectivity index (χ1v) is 9.21. The van der Waals surface area contributed by atoms with Gasteiger partial charge in [-0.3, -0.25) is 4.98 Å². The van der Waals surface area contributed by atoms with E-state index in [4.69, 9.17) is 15.6 Å². The van der Waals surface area contributed by atoms with Crippen molar-refractivity contribution in [1.82, 2.24) is 29.4 Å². The van der Waals surface area contributed by atoms with Crippen molar-refractivity contribution in [2.24, 2.45) is 5.73 Å². The molecule has 8 nitrogen and oxygen atoms in total. The van der Waals surface area contributed by atoms with Gasteiger partial charge in [-0.25, -0.2) is 14.2 Å². The first kappa shape index (κ1) is 17.3. The van der Waals surface area contributed by atoms with Crippen LogP contribution in [0.4, 0.5) is 0 Å². The van der Waals surface area contributed by atoms with Gasteiger partial charge in [-0.2, -0.15) is 10.2 Å². The zero-order valence-corrected chi connectivity index (χ0v) is 16.1. The molecule has 4 heterocycles. The van der Waals surface area contributed by atoms with E-state index in [0.717, 1.165) is 44.8 Å². The van der Waals surface area contributed by atoms with Crippen LogP contribution in [0, 0.1) is 6.92 Å². The van der Waals surface area contributed by atoms with Crippen LogP contribution in [0.5, 0.6) is 5.75 Å². The van der Waals surface area contributed by atoms with Crippen molar-refractivity contribution >= 4 is 16.6 Å². The molecule has 0 bridgehead atoms. The Morgan fingerprint density at radius 3 is 2.86 bits per heavy atom. The molecule has 0 aliphatic rings. The summed E-state index contributed by atoms with van der Waals surface area (Å²) >= 11 is 0. The SMILES string of the molecule is COc1cc(CN)ccc1-n1nc(C)c2cnc(-c3cnn4cccnc34)cc21. The molecule has 0 saturated heterocycles. The van der Waals surface area contributed by atoms with E-state index in [1.54, 1.807) is 24.0 Å². The summed E-state index contributed by atoms with van der Waals surface area (Å²) in [5.74, 6) is 0.716. The van der Waals surface area contributed by atoms with Gasteiger partial charge in [0.05, 0.1) is 35.8 Å². The Balaban J connectivity index is 1.73. The number of hydrogen-bond acceptors (Lipinski definition) is 6. The lowest BCUT2D eigenvalue weighted by Crippen LogP contribution is -2.03. The highest BCUT2D eigenvalue weighted by molar-refractivity contribution is 5.88. The van der Waals surface area contributed by atoms with Gasteiger partial charge in [0.15, 0.2) is 5.65 Å². The van der Waals surface area contributed by atoms with Crippen molar-refractivity contribution < 1.29 is 4.74 Å². The molecule has 4 aromatic heterocycles. The molecule has 1 aromatic carbocycles. The maximum absolute atomic E-state index is 5.78. The van der Waals surface area contributed by atoms with Crippen LogP contribution < -0.4 is 10.5 Å². The van der Waals surface area contributed by atoms with E-state index < -0.39 is 0 Å². The summed E-state index contributed by atoms with van der Waals surface area (Å²) in [6.45, 7) is 2.42. The second-order valence-corrected chi connectivity index (χ2v) is 6.74. The molecule has 0 fully saturated rings. The number of ether oxygens (including phenoxy) is 1. The fraction of sp³-hybridized carbons (Fsp3) is 0.143. The number of fused-ring (bicyclic) bond motifs is 2. The Bertz CT molecular complexity index is 1350. The number of nitrogens with two attached hydrogens (primary N) is 1. The number of hydrogen-bond donors (Lipinski definition) is 1. The summed E-state index contributed by atoms with van der Waals surface area (Å²) in [7, 11) is 1.65. The molecule has 0 aliphatic carbocycles. The lowest BCUT2D eigenvalue weighted by atomic mass is 10.1. The first-order chi connectivity index (χ1) is 14.2. The molecular formula is C21H19N7O. The first-order valence-electron chi connectivity index (χ1n) is 9.21. The van der Waals surface area contributed by atoms with E-state index >= 15 is 0 Å². The van der Waals surface area contributed by atoms with Crippen molar-refractivity contribution in [3.8, 4) is 22.7 Å². The molecule has 5 rings (SSSR count). The lowest BCUT2D eigenvalue weighted by Gasteiger charge is -2.11. The highest BCUT2D eigenvalue weighted by Gasteiger charge is 2.16. The third-order valence-electron chi connectivity index (χ3n) is 5.01. The average Bonchev–Trinajstić information content (AvgIpc) is 3.34. The number of pyridine rings is 1. The molecule has 0 radical (unpaired) electrons. The molecule has 0 unspecified atom stereocenters. The zero-order valence-electron chi connectivity index (χ0n) is 16.1. The number of benzene rings is 1.